The minimum Gasteiger partial charge on any atom is -1.00 e. The summed E-state index contributed by atoms with van der Waals surface area (Å²) in [7, 11) is 0. The van der Waals surface area contributed by atoms with E-state index in [4.69, 9.17) is 0 Å². The minimum absolute atomic E-state index is 0. The Bertz CT molecular complexity index is 1260. The average molecular weight is 517 g/mol. The number of aromatic amines is 1. The molecule has 0 bridgehead atoms. The van der Waals surface area contributed by atoms with Gasteiger partial charge in [0.05, 0.1) is 32.1 Å². The molecule has 4 heterocycles. The molecule has 0 unspecified atom stereocenters. The molecule has 0 aliphatic carbocycles. The van der Waals surface area contributed by atoms with Gasteiger partial charge in [0.25, 0.3) is 5.69 Å². The number of nitro groups is 1. The van der Waals surface area contributed by atoms with Gasteiger partial charge in [0.1, 0.15) is 0 Å². The van der Waals surface area contributed by atoms with Crippen LogP contribution in [-0.2, 0) is 19.5 Å². The van der Waals surface area contributed by atoms with E-state index >= 15 is 0 Å². The number of rotatable bonds is 8. The molecule has 0 atom stereocenters. The smallest absolute Gasteiger partial charge is 0.280 e. The summed E-state index contributed by atoms with van der Waals surface area (Å²) in [6, 6.07) is 9.15. The van der Waals surface area contributed by atoms with Gasteiger partial charge in [0.15, 0.2) is 12.4 Å². The van der Waals surface area contributed by atoms with Crippen molar-refractivity contribution in [2.75, 3.05) is 0 Å². The number of hydrogen-bond acceptors (Lipinski definition) is 6. The summed E-state index contributed by atoms with van der Waals surface area (Å²) in [5.74, 6) is -0.173. The van der Waals surface area contributed by atoms with Crippen LogP contribution in [-0.4, -0.2) is 30.7 Å². The molecule has 0 saturated heterocycles. The normalized spacial score (nSPS) is 10.7. The Kier molecular flexibility index (Phi) is 7.31. The second kappa shape index (κ2) is 9.96. The summed E-state index contributed by atoms with van der Waals surface area (Å²) in [4.78, 5) is 23.2. The topological polar surface area (TPSA) is 111 Å². The number of carbonyl (C=O) groups excluding carboxylic acids is 1. The number of carbonyl (C=O) groups is 1. The zero-order valence-corrected chi connectivity index (χ0v) is 19.9. The van der Waals surface area contributed by atoms with Crippen LogP contribution in [0.2, 0.25) is 0 Å². The van der Waals surface area contributed by atoms with Gasteiger partial charge < -0.3 is 17.0 Å². The zero-order chi connectivity index (χ0) is 22.0. The Hall–Kier alpha value is -3.18. The van der Waals surface area contributed by atoms with Gasteiger partial charge in [-0.25, -0.2) is 0 Å². The van der Waals surface area contributed by atoms with E-state index in [1.54, 1.807) is 10.8 Å². The number of aromatic nitrogens is 5. The molecule has 0 aliphatic heterocycles. The van der Waals surface area contributed by atoms with E-state index in [0.717, 1.165) is 52.6 Å². The van der Waals surface area contributed by atoms with Crippen LogP contribution in [0.4, 0.5) is 5.69 Å². The molecule has 0 amide bonds. The van der Waals surface area contributed by atoms with E-state index in [-0.39, 0.29) is 35.0 Å². The van der Waals surface area contributed by atoms with Gasteiger partial charge in [0.2, 0.25) is 12.3 Å². The summed E-state index contributed by atoms with van der Waals surface area (Å²) in [5.41, 5.74) is 4.74. The summed E-state index contributed by atoms with van der Waals surface area (Å²) in [6.45, 7) is 4.88. The highest BCUT2D eigenvalue weighted by molar-refractivity contribution is 7.12. The molecule has 0 aliphatic rings. The van der Waals surface area contributed by atoms with Crippen LogP contribution in [0.3, 0.4) is 0 Å². The molecule has 1 N–H and O–H groups in total. The fraction of sp³-hybridized carbons (Fsp3) is 0.238. The van der Waals surface area contributed by atoms with Crippen LogP contribution in [0.5, 0.6) is 0 Å². The number of aryl methyl sites for hydroxylation is 4. The van der Waals surface area contributed by atoms with Gasteiger partial charge in [-0.2, -0.15) is 14.8 Å². The molecule has 4 rings (SSSR count). The number of nitrogens with zero attached hydrogens (tertiary/aromatic N) is 5. The van der Waals surface area contributed by atoms with Crippen molar-refractivity contribution in [1.29, 1.82) is 0 Å². The fourth-order valence-corrected chi connectivity index (χ4v) is 4.14. The number of ketones is 1. The van der Waals surface area contributed by atoms with E-state index < -0.39 is 4.92 Å². The molecule has 9 nitrogen and oxygen atoms in total. The first-order valence-corrected chi connectivity index (χ1v) is 10.6. The first-order valence-electron chi connectivity index (χ1n) is 9.70. The standard InChI is InChI=1S/C21H21N6O3S.BrH/c1-14-8-15(2)26(24-14)7-5-17-9-19(23-22-17)16-4-3-6-25(11-16)12-20(28)21-10-18(13-31-21)27(29)30;/h3-4,6,8-11,13H,5,7,12H2,1-2H3,(H,22,23);1H/q+1;/p-1. The van der Waals surface area contributed by atoms with Crippen molar-refractivity contribution in [3.63, 3.8) is 0 Å². The maximum absolute atomic E-state index is 12.5. The molecule has 4 aromatic heterocycles. The summed E-state index contributed by atoms with van der Waals surface area (Å²) < 4.78 is 3.74. The summed E-state index contributed by atoms with van der Waals surface area (Å²) in [5, 5.41) is 24.2. The number of thiophene rings is 1. The third-order valence-electron chi connectivity index (χ3n) is 4.88. The van der Waals surface area contributed by atoms with Crippen molar-refractivity contribution < 1.29 is 31.3 Å². The second-order valence-electron chi connectivity index (χ2n) is 7.29. The van der Waals surface area contributed by atoms with Crippen LogP contribution < -0.4 is 21.5 Å². The van der Waals surface area contributed by atoms with Crippen LogP contribution in [0, 0.1) is 24.0 Å². The van der Waals surface area contributed by atoms with E-state index in [0.29, 0.717) is 4.88 Å². The van der Waals surface area contributed by atoms with E-state index in [1.807, 2.05) is 42.9 Å². The Morgan fingerprint density at radius 2 is 2.12 bits per heavy atom. The zero-order valence-electron chi connectivity index (χ0n) is 17.5. The molecule has 0 saturated carbocycles. The molecule has 4 aromatic rings. The maximum Gasteiger partial charge on any atom is 0.280 e. The van der Waals surface area contributed by atoms with Crippen LogP contribution >= 0.6 is 11.3 Å². The van der Waals surface area contributed by atoms with Gasteiger partial charge >= 0.3 is 0 Å². The van der Waals surface area contributed by atoms with Gasteiger partial charge in [-0.15, -0.1) is 11.3 Å². The molecule has 0 fully saturated rings. The van der Waals surface area contributed by atoms with Crippen molar-refractivity contribution in [3.8, 4) is 11.3 Å². The second-order valence-corrected chi connectivity index (χ2v) is 8.20. The largest absolute Gasteiger partial charge is 1.00 e. The lowest BCUT2D eigenvalue weighted by molar-refractivity contribution is -0.682. The molecule has 0 aromatic carbocycles. The van der Waals surface area contributed by atoms with Crippen LogP contribution in [0.15, 0.2) is 48.1 Å². The first-order chi connectivity index (χ1) is 14.9. The van der Waals surface area contributed by atoms with Crippen LogP contribution in [0.1, 0.15) is 26.8 Å². The van der Waals surface area contributed by atoms with E-state index in [9.17, 15) is 14.9 Å². The Balaban J connectivity index is 0.00000289. The highest BCUT2D eigenvalue weighted by Gasteiger charge is 2.19. The van der Waals surface area contributed by atoms with E-state index in [1.165, 1.54) is 11.4 Å². The van der Waals surface area contributed by atoms with E-state index in [2.05, 4.69) is 21.4 Å². The lowest BCUT2D eigenvalue weighted by atomic mass is 10.2. The number of halogens is 1. The number of nitrogens with one attached hydrogen (secondary N) is 1. The number of H-pyrrole nitrogens is 1. The molecular formula is C21H21BrN6O3S. The molecule has 0 spiro atoms. The Morgan fingerprint density at radius 1 is 1.31 bits per heavy atom. The third kappa shape index (κ3) is 5.35. The monoisotopic (exact) mass is 516 g/mol. The number of pyridine rings is 1. The maximum atomic E-state index is 12.5. The fourth-order valence-electron chi connectivity index (χ4n) is 3.35. The summed E-state index contributed by atoms with van der Waals surface area (Å²) >= 11 is 1.09. The molecule has 32 heavy (non-hydrogen) atoms. The van der Waals surface area contributed by atoms with Crippen molar-refractivity contribution in [1.82, 2.24) is 20.0 Å². The van der Waals surface area contributed by atoms with Crippen LogP contribution in [0.25, 0.3) is 11.3 Å². The quantitative estimate of drug-likeness (QED) is 0.156. The van der Waals surface area contributed by atoms with Gasteiger partial charge in [-0.1, -0.05) is 0 Å². The molecule has 0 radical (unpaired) electrons. The van der Waals surface area contributed by atoms with Crippen molar-refractivity contribution in [2.45, 2.75) is 33.4 Å². The van der Waals surface area contributed by atoms with Gasteiger partial charge in [0, 0.05) is 36.5 Å². The Morgan fingerprint density at radius 3 is 2.81 bits per heavy atom. The average Bonchev–Trinajstić information content (AvgIpc) is 3.46. The number of hydrogen-bond donors (Lipinski definition) is 1. The minimum atomic E-state index is -0.495. The van der Waals surface area contributed by atoms with Crippen molar-refractivity contribution >= 4 is 22.8 Å². The predicted octanol–water partition coefficient (Wildman–Crippen LogP) is 0.277. The lowest BCUT2D eigenvalue weighted by Crippen LogP contribution is -3.00. The number of Topliss-reactive ketones (excluding diaryl/α,β-unsaturated/α-hetero) is 1. The van der Waals surface area contributed by atoms with Crippen molar-refractivity contribution in [3.05, 3.63) is 80.2 Å². The third-order valence-corrected chi connectivity index (χ3v) is 5.84. The summed E-state index contributed by atoms with van der Waals surface area (Å²) in [6.07, 6.45) is 4.41. The Labute approximate surface area is 198 Å². The highest BCUT2D eigenvalue weighted by Crippen LogP contribution is 2.22. The van der Waals surface area contributed by atoms with Crippen molar-refractivity contribution in [2.24, 2.45) is 0 Å². The first kappa shape index (κ1) is 23.5. The van der Waals surface area contributed by atoms with Gasteiger partial charge in [-0.05, 0) is 32.0 Å². The SMILES string of the molecule is Cc1cc(C)n(CCc2cc(-c3ccc[n+](CC(=O)c4cc([N+](=O)[O-])cs4)c3)n[nH]2)n1.[Br-]. The predicted molar refractivity (Wildman–Crippen MR) is 115 cm³/mol. The highest BCUT2D eigenvalue weighted by atomic mass is 79.9. The lowest BCUT2D eigenvalue weighted by Gasteiger charge is -2.02. The molecule has 166 valence electrons. The molecular weight excluding hydrogens is 496 g/mol. The van der Waals surface area contributed by atoms with Gasteiger partial charge in [-0.3, -0.25) is 24.7 Å². The molecule has 11 heteroatoms.